The number of aromatic nitrogens is 3. The van der Waals surface area contributed by atoms with Crippen molar-refractivity contribution in [3.05, 3.63) is 88.8 Å². The topological polar surface area (TPSA) is 73.4 Å². The van der Waals surface area contributed by atoms with E-state index in [1.165, 1.54) is 12.1 Å². The number of imidazole rings is 1. The Hall–Kier alpha value is -3.74. The monoisotopic (exact) mass is 375 g/mol. The lowest BCUT2D eigenvalue weighted by molar-refractivity contribution is -0.682. The lowest BCUT2D eigenvalue weighted by Crippen LogP contribution is -2.36. The number of fused-ring (bicyclic) bond motifs is 1. The number of hydrogen-bond donors (Lipinski definition) is 0. The highest BCUT2D eigenvalue weighted by atomic mass is 16.6. The Balaban J connectivity index is 1.89. The third kappa shape index (κ3) is 3.07. The van der Waals surface area contributed by atoms with Crippen molar-refractivity contribution in [1.29, 1.82) is 0 Å². The van der Waals surface area contributed by atoms with E-state index < -0.39 is 4.92 Å². The van der Waals surface area contributed by atoms with Gasteiger partial charge in [-0.3, -0.25) is 14.9 Å². The summed E-state index contributed by atoms with van der Waals surface area (Å²) < 4.78 is 5.55. The SMILES string of the molecule is Cc1cccn2c(C(=O)C[n+]3ccn(C)c3)c(-c3cccc([N+](=O)[O-])c3)cc12. The molecular formula is C21H19N4O3+. The molecule has 1 aromatic carbocycles. The summed E-state index contributed by atoms with van der Waals surface area (Å²) in [5.74, 6) is -0.0664. The molecule has 0 unspecified atom stereocenters. The Morgan fingerprint density at radius 1 is 1.18 bits per heavy atom. The minimum atomic E-state index is -0.425. The first-order chi connectivity index (χ1) is 13.4. The predicted octanol–water partition coefficient (Wildman–Crippen LogP) is 3.33. The average Bonchev–Trinajstić information content (AvgIpc) is 3.26. The van der Waals surface area contributed by atoms with Gasteiger partial charge in [0.2, 0.25) is 12.1 Å². The molecule has 3 heterocycles. The van der Waals surface area contributed by atoms with Gasteiger partial charge in [-0.1, -0.05) is 18.2 Å². The molecule has 0 fully saturated rings. The summed E-state index contributed by atoms with van der Waals surface area (Å²) in [4.78, 5) is 24.0. The van der Waals surface area contributed by atoms with Gasteiger partial charge in [0.05, 0.1) is 12.0 Å². The van der Waals surface area contributed by atoms with E-state index in [2.05, 4.69) is 0 Å². The van der Waals surface area contributed by atoms with Crippen molar-refractivity contribution >= 4 is 17.0 Å². The van der Waals surface area contributed by atoms with Gasteiger partial charge in [-0.05, 0) is 30.2 Å². The molecule has 140 valence electrons. The molecule has 7 nitrogen and oxygen atoms in total. The molecule has 0 aliphatic carbocycles. The molecule has 0 spiro atoms. The van der Waals surface area contributed by atoms with Crippen LogP contribution >= 0.6 is 0 Å². The zero-order chi connectivity index (χ0) is 19.8. The van der Waals surface area contributed by atoms with Gasteiger partial charge in [-0.25, -0.2) is 9.13 Å². The standard InChI is InChI=1S/C21H19N4O3/c1-15-5-4-8-24-19(15)12-18(16-6-3-7-17(11-16)25(27)28)21(24)20(26)13-23-10-9-22(2)14-23/h3-12,14H,13H2,1-2H3/q+1. The lowest BCUT2D eigenvalue weighted by atomic mass is 10.0. The molecule has 4 aromatic rings. The molecule has 4 rings (SSSR count). The second-order valence-corrected chi connectivity index (χ2v) is 6.84. The summed E-state index contributed by atoms with van der Waals surface area (Å²) in [5, 5.41) is 11.2. The number of rotatable bonds is 5. The van der Waals surface area contributed by atoms with Crippen molar-refractivity contribution in [2.75, 3.05) is 0 Å². The Bertz CT molecular complexity index is 1220. The van der Waals surface area contributed by atoms with Crippen LogP contribution in [0.25, 0.3) is 16.6 Å². The fourth-order valence-corrected chi connectivity index (χ4v) is 3.47. The number of carbonyl (C=O) groups is 1. The van der Waals surface area contributed by atoms with E-state index in [1.54, 1.807) is 12.1 Å². The van der Waals surface area contributed by atoms with Crippen molar-refractivity contribution in [1.82, 2.24) is 8.97 Å². The fraction of sp³-hybridized carbons (Fsp3) is 0.143. The predicted molar refractivity (Wildman–Crippen MR) is 104 cm³/mol. The Morgan fingerprint density at radius 3 is 2.71 bits per heavy atom. The zero-order valence-electron chi connectivity index (χ0n) is 15.6. The van der Waals surface area contributed by atoms with Crippen LogP contribution in [0.2, 0.25) is 0 Å². The minimum Gasteiger partial charge on any atom is -0.313 e. The first-order valence-electron chi connectivity index (χ1n) is 8.84. The van der Waals surface area contributed by atoms with Crippen LogP contribution in [0, 0.1) is 17.0 Å². The molecule has 0 bridgehead atoms. The first kappa shape index (κ1) is 17.7. The van der Waals surface area contributed by atoms with Crippen LogP contribution in [0.5, 0.6) is 0 Å². The van der Waals surface area contributed by atoms with E-state index in [0.29, 0.717) is 16.8 Å². The number of pyridine rings is 1. The number of nitrogens with zero attached hydrogens (tertiary/aromatic N) is 4. The molecule has 0 aliphatic rings. The molecule has 0 radical (unpaired) electrons. The molecule has 0 atom stereocenters. The van der Waals surface area contributed by atoms with Gasteiger partial charge in [-0.2, -0.15) is 0 Å². The quantitative estimate of drug-likeness (QED) is 0.232. The third-order valence-electron chi connectivity index (χ3n) is 4.80. The summed E-state index contributed by atoms with van der Waals surface area (Å²) in [5.41, 5.74) is 3.81. The maximum absolute atomic E-state index is 13.2. The van der Waals surface area contributed by atoms with E-state index in [1.807, 2.05) is 70.6 Å². The Labute approximate surface area is 161 Å². The van der Waals surface area contributed by atoms with Gasteiger partial charge < -0.3 is 4.40 Å². The third-order valence-corrected chi connectivity index (χ3v) is 4.80. The highest BCUT2D eigenvalue weighted by Crippen LogP contribution is 2.31. The van der Waals surface area contributed by atoms with Crippen molar-refractivity contribution in [2.45, 2.75) is 13.5 Å². The number of aryl methyl sites for hydroxylation is 2. The van der Waals surface area contributed by atoms with Crippen molar-refractivity contribution in [3.8, 4) is 11.1 Å². The molecule has 0 saturated carbocycles. The maximum atomic E-state index is 13.2. The largest absolute Gasteiger partial charge is 0.313 e. The summed E-state index contributed by atoms with van der Waals surface area (Å²) >= 11 is 0. The van der Waals surface area contributed by atoms with E-state index in [-0.39, 0.29) is 18.0 Å². The number of nitro benzene ring substituents is 1. The second-order valence-electron chi connectivity index (χ2n) is 6.84. The van der Waals surface area contributed by atoms with Crippen LogP contribution < -0.4 is 4.57 Å². The number of Topliss-reactive ketones (excluding diaryl/α,β-unsaturated/α-hetero) is 1. The first-order valence-corrected chi connectivity index (χ1v) is 8.84. The van der Waals surface area contributed by atoms with Crippen molar-refractivity contribution in [3.63, 3.8) is 0 Å². The number of non-ortho nitro benzene ring substituents is 1. The van der Waals surface area contributed by atoms with Crippen LogP contribution in [-0.2, 0) is 13.6 Å². The van der Waals surface area contributed by atoms with Gasteiger partial charge in [0.25, 0.3) is 5.69 Å². The lowest BCUT2D eigenvalue weighted by Gasteiger charge is -2.06. The molecule has 7 heteroatoms. The molecule has 0 aliphatic heterocycles. The minimum absolute atomic E-state index is 0.000288. The second kappa shape index (κ2) is 6.77. The van der Waals surface area contributed by atoms with Crippen LogP contribution in [0.15, 0.2) is 67.4 Å². The maximum Gasteiger partial charge on any atom is 0.270 e. The molecule has 0 N–H and O–H groups in total. The van der Waals surface area contributed by atoms with Gasteiger partial charge in [0.15, 0.2) is 6.54 Å². The van der Waals surface area contributed by atoms with Crippen LogP contribution in [0.4, 0.5) is 5.69 Å². The normalized spacial score (nSPS) is 11.1. The van der Waals surface area contributed by atoms with E-state index >= 15 is 0 Å². The van der Waals surface area contributed by atoms with Crippen LogP contribution in [0.1, 0.15) is 16.1 Å². The number of ketones is 1. The highest BCUT2D eigenvalue weighted by Gasteiger charge is 2.22. The van der Waals surface area contributed by atoms with Crippen LogP contribution in [0.3, 0.4) is 0 Å². The Kier molecular flexibility index (Phi) is 4.27. The Morgan fingerprint density at radius 2 is 2.00 bits per heavy atom. The van der Waals surface area contributed by atoms with Gasteiger partial charge in [0.1, 0.15) is 18.1 Å². The summed E-state index contributed by atoms with van der Waals surface area (Å²) in [6.45, 7) is 2.16. The number of benzene rings is 1. The molecule has 28 heavy (non-hydrogen) atoms. The summed E-state index contributed by atoms with van der Waals surface area (Å²) in [7, 11) is 1.89. The summed E-state index contributed by atoms with van der Waals surface area (Å²) in [6.07, 6.45) is 7.40. The fourth-order valence-electron chi connectivity index (χ4n) is 3.47. The van der Waals surface area contributed by atoms with Gasteiger partial charge in [-0.15, -0.1) is 0 Å². The van der Waals surface area contributed by atoms with E-state index in [0.717, 1.165) is 11.1 Å². The molecule has 3 aromatic heterocycles. The smallest absolute Gasteiger partial charge is 0.270 e. The van der Waals surface area contributed by atoms with Crippen LogP contribution in [-0.4, -0.2) is 19.7 Å². The zero-order valence-corrected chi connectivity index (χ0v) is 15.6. The molecule has 0 amide bonds. The summed E-state index contributed by atoms with van der Waals surface area (Å²) in [6, 6.07) is 12.2. The average molecular weight is 375 g/mol. The van der Waals surface area contributed by atoms with Gasteiger partial charge >= 0.3 is 0 Å². The number of hydrogen-bond acceptors (Lipinski definition) is 3. The number of carbonyl (C=O) groups excluding carboxylic acids is 1. The van der Waals surface area contributed by atoms with E-state index in [4.69, 9.17) is 0 Å². The molecular weight excluding hydrogens is 356 g/mol. The highest BCUT2D eigenvalue weighted by molar-refractivity contribution is 6.02. The number of nitro groups is 1. The van der Waals surface area contributed by atoms with Crippen molar-refractivity contribution < 1.29 is 14.3 Å². The van der Waals surface area contributed by atoms with Gasteiger partial charge in [0, 0.05) is 29.4 Å². The molecule has 0 saturated heterocycles. The van der Waals surface area contributed by atoms with E-state index in [9.17, 15) is 14.9 Å². The van der Waals surface area contributed by atoms with Crippen molar-refractivity contribution in [2.24, 2.45) is 7.05 Å².